The maximum absolute atomic E-state index is 12.7. The number of ether oxygens (including phenoxy) is 1. The van der Waals surface area contributed by atoms with Gasteiger partial charge in [-0.1, -0.05) is 31.2 Å². The normalized spacial score (nSPS) is 18.2. The number of carbonyl (C=O) groups is 2. The molecule has 0 radical (unpaired) electrons. The van der Waals surface area contributed by atoms with Crippen molar-refractivity contribution in [2.24, 2.45) is 5.92 Å². The van der Waals surface area contributed by atoms with Crippen LogP contribution in [0.15, 0.2) is 48.3 Å². The molecule has 188 valence electrons. The largest absolute Gasteiger partial charge is 0.449 e. The Bertz CT molecular complexity index is 1200. The summed E-state index contributed by atoms with van der Waals surface area (Å²) in [5.41, 5.74) is 3.69. The van der Waals surface area contributed by atoms with Gasteiger partial charge in [-0.3, -0.25) is 9.78 Å². The second-order valence-electron chi connectivity index (χ2n) is 9.52. The number of hydrogen-bond acceptors (Lipinski definition) is 6. The van der Waals surface area contributed by atoms with Crippen molar-refractivity contribution in [2.75, 3.05) is 11.9 Å². The molecule has 2 aromatic rings. The Morgan fingerprint density at radius 2 is 2.19 bits per heavy atom. The fourth-order valence-corrected chi connectivity index (χ4v) is 6.02. The van der Waals surface area contributed by atoms with Crippen molar-refractivity contribution in [3.63, 3.8) is 0 Å². The van der Waals surface area contributed by atoms with Crippen LogP contribution in [0.1, 0.15) is 67.0 Å². The topological polar surface area (TPSA) is 104 Å². The second kappa shape index (κ2) is 12.0. The Hall–Kier alpha value is -3.44. The first-order valence-corrected chi connectivity index (χ1v) is 13.3. The highest BCUT2D eigenvalue weighted by molar-refractivity contribution is 7.16. The van der Waals surface area contributed by atoms with E-state index >= 15 is 0 Å². The summed E-state index contributed by atoms with van der Waals surface area (Å²) in [6.45, 7) is 4.28. The number of rotatable bonds is 8. The van der Waals surface area contributed by atoms with Crippen molar-refractivity contribution in [3.05, 3.63) is 69.9 Å². The number of nitrogens with zero attached hydrogens (tertiary/aromatic N) is 2. The van der Waals surface area contributed by atoms with Gasteiger partial charge in [0.2, 0.25) is 5.91 Å². The van der Waals surface area contributed by atoms with Gasteiger partial charge in [0.25, 0.3) is 0 Å². The first-order chi connectivity index (χ1) is 17.4. The third-order valence-corrected chi connectivity index (χ3v) is 7.96. The number of pyridine rings is 1. The molecule has 0 saturated heterocycles. The number of nitriles is 1. The first-order valence-electron chi connectivity index (χ1n) is 12.5. The van der Waals surface area contributed by atoms with E-state index in [4.69, 9.17) is 4.74 Å². The van der Waals surface area contributed by atoms with E-state index in [-0.39, 0.29) is 23.8 Å². The van der Waals surface area contributed by atoms with Gasteiger partial charge in [-0.15, -0.1) is 11.3 Å². The molecule has 0 bridgehead atoms. The molecule has 2 aliphatic carbocycles. The van der Waals surface area contributed by atoms with Crippen LogP contribution in [0.4, 0.5) is 9.80 Å². The van der Waals surface area contributed by atoms with Crippen LogP contribution in [-0.2, 0) is 22.4 Å². The molecule has 2 amide bonds. The minimum atomic E-state index is -0.409. The van der Waals surface area contributed by atoms with E-state index in [0.29, 0.717) is 23.6 Å². The second-order valence-corrected chi connectivity index (χ2v) is 10.6. The maximum Gasteiger partial charge on any atom is 0.407 e. The quantitative estimate of drug-likeness (QED) is 0.484. The highest BCUT2D eigenvalue weighted by Gasteiger charge is 2.28. The summed E-state index contributed by atoms with van der Waals surface area (Å²) in [4.78, 5) is 30.3. The van der Waals surface area contributed by atoms with Gasteiger partial charge in [-0.25, -0.2) is 4.79 Å². The monoisotopic (exact) mass is 504 g/mol. The van der Waals surface area contributed by atoms with Crippen LogP contribution in [0.3, 0.4) is 0 Å². The summed E-state index contributed by atoms with van der Waals surface area (Å²) in [5, 5.41) is 16.3. The lowest BCUT2D eigenvalue weighted by molar-refractivity contribution is -0.116. The fourth-order valence-electron chi connectivity index (χ4n) is 4.69. The van der Waals surface area contributed by atoms with Gasteiger partial charge in [-0.2, -0.15) is 5.26 Å². The van der Waals surface area contributed by atoms with Crippen molar-refractivity contribution < 1.29 is 14.3 Å². The molecule has 2 aliphatic rings. The lowest BCUT2D eigenvalue weighted by Gasteiger charge is -2.23. The van der Waals surface area contributed by atoms with Crippen molar-refractivity contribution in [1.82, 2.24) is 10.3 Å². The molecule has 3 atom stereocenters. The van der Waals surface area contributed by atoms with Crippen molar-refractivity contribution >= 4 is 28.3 Å². The van der Waals surface area contributed by atoms with Gasteiger partial charge in [0, 0.05) is 23.7 Å². The number of fused-ring (bicyclic) bond motifs is 1. The lowest BCUT2D eigenvalue weighted by atomic mass is 9.88. The molecular weight excluding hydrogens is 472 g/mol. The molecule has 2 N–H and O–H groups in total. The average molecular weight is 505 g/mol. The lowest BCUT2D eigenvalue weighted by Crippen LogP contribution is -2.35. The van der Waals surface area contributed by atoms with Crippen molar-refractivity contribution in [3.8, 4) is 6.07 Å². The Labute approximate surface area is 216 Å². The zero-order valence-corrected chi connectivity index (χ0v) is 21.6. The fraction of sp³-hybridized carbons (Fsp3) is 0.429. The third-order valence-electron chi connectivity index (χ3n) is 6.79. The van der Waals surface area contributed by atoms with Gasteiger partial charge in [0.1, 0.15) is 11.1 Å². The van der Waals surface area contributed by atoms with Crippen LogP contribution in [0.25, 0.3) is 0 Å². The zero-order valence-electron chi connectivity index (χ0n) is 20.8. The number of aromatic nitrogens is 1. The van der Waals surface area contributed by atoms with E-state index in [1.165, 1.54) is 11.3 Å². The van der Waals surface area contributed by atoms with E-state index in [1.54, 1.807) is 12.4 Å². The van der Waals surface area contributed by atoms with E-state index in [0.717, 1.165) is 53.7 Å². The molecule has 0 aliphatic heterocycles. The number of allylic oxidation sites excluding steroid dienone is 2. The third kappa shape index (κ3) is 6.41. The highest BCUT2D eigenvalue weighted by atomic mass is 32.1. The van der Waals surface area contributed by atoms with E-state index in [2.05, 4.69) is 39.9 Å². The number of anilines is 1. The predicted molar refractivity (Wildman–Crippen MR) is 141 cm³/mol. The predicted octanol–water partition coefficient (Wildman–Crippen LogP) is 5.64. The summed E-state index contributed by atoms with van der Waals surface area (Å²) < 4.78 is 5.54. The molecule has 8 heteroatoms. The summed E-state index contributed by atoms with van der Waals surface area (Å²) in [6, 6.07) is 6.03. The Morgan fingerprint density at radius 3 is 2.92 bits per heavy atom. The van der Waals surface area contributed by atoms with Crippen molar-refractivity contribution in [1.29, 1.82) is 5.26 Å². The van der Waals surface area contributed by atoms with Crippen LogP contribution >= 0.6 is 11.3 Å². The maximum atomic E-state index is 12.7. The summed E-state index contributed by atoms with van der Waals surface area (Å²) in [7, 11) is 0. The van der Waals surface area contributed by atoms with Gasteiger partial charge in [-0.05, 0) is 73.6 Å². The standard InChI is InChI=1S/C28H32N4O3S/c1-18(22-9-6-12-30-16-22)13-26(33)32-27-24(15-29)23-11-10-20(14-25(23)36-27)17-35-28(34)31-19(2)21-7-4-3-5-8-21/h4,6-9,12,16,18-20H,3,5,10-11,13-14,17H2,1-2H3,(H,31,34)(H,32,33). The zero-order chi connectivity index (χ0) is 25.5. The Morgan fingerprint density at radius 1 is 1.33 bits per heavy atom. The van der Waals surface area contributed by atoms with Crippen LogP contribution in [0.5, 0.6) is 0 Å². The molecule has 3 unspecified atom stereocenters. The molecule has 2 aromatic heterocycles. The number of thiophene rings is 1. The van der Waals surface area contributed by atoms with Gasteiger partial charge in [0.05, 0.1) is 18.2 Å². The summed E-state index contributed by atoms with van der Waals surface area (Å²) >= 11 is 1.47. The molecule has 0 saturated carbocycles. The minimum Gasteiger partial charge on any atom is -0.449 e. The summed E-state index contributed by atoms with van der Waals surface area (Å²) in [5.74, 6) is 0.0985. The number of hydrogen-bond donors (Lipinski definition) is 2. The average Bonchev–Trinajstić information content (AvgIpc) is 3.24. The van der Waals surface area contributed by atoms with Crippen LogP contribution in [0, 0.1) is 17.2 Å². The molecule has 36 heavy (non-hydrogen) atoms. The molecule has 4 rings (SSSR count). The number of carbonyl (C=O) groups excluding carboxylic acids is 2. The molecule has 0 fully saturated rings. The first kappa shape index (κ1) is 25.6. The van der Waals surface area contributed by atoms with Gasteiger partial charge in [0.15, 0.2) is 0 Å². The van der Waals surface area contributed by atoms with Gasteiger partial charge < -0.3 is 15.4 Å². The Kier molecular flexibility index (Phi) is 8.55. The molecule has 0 aromatic carbocycles. The smallest absolute Gasteiger partial charge is 0.407 e. The van der Waals surface area contributed by atoms with Crippen molar-refractivity contribution in [2.45, 2.75) is 64.3 Å². The number of nitrogens with one attached hydrogen (secondary N) is 2. The van der Waals surface area contributed by atoms with E-state index < -0.39 is 6.09 Å². The number of alkyl carbamates (subject to hydrolysis) is 1. The van der Waals surface area contributed by atoms with Gasteiger partial charge >= 0.3 is 6.09 Å². The molecular formula is C28H32N4O3S. The minimum absolute atomic E-state index is 0.0274. The number of amides is 2. The molecule has 7 nitrogen and oxygen atoms in total. The Balaban J connectivity index is 1.31. The van der Waals surface area contributed by atoms with E-state index in [1.807, 2.05) is 26.0 Å². The highest BCUT2D eigenvalue weighted by Crippen LogP contribution is 2.39. The van der Waals surface area contributed by atoms with Crippen LogP contribution in [-0.4, -0.2) is 29.6 Å². The molecule has 0 spiro atoms. The summed E-state index contributed by atoms with van der Waals surface area (Å²) in [6.07, 6.45) is 14.0. The SMILES string of the molecule is CC(NC(=O)OCC1CCc2c(sc(NC(=O)CC(C)c3cccnc3)c2C#N)C1)C1=CCCC=C1. The molecule has 2 heterocycles. The van der Waals surface area contributed by atoms with E-state index in [9.17, 15) is 14.9 Å². The van der Waals surface area contributed by atoms with Crippen LogP contribution in [0.2, 0.25) is 0 Å². The van der Waals surface area contributed by atoms with Crippen LogP contribution < -0.4 is 10.6 Å².